The number of rotatable bonds is 6. The van der Waals surface area contributed by atoms with Crippen molar-refractivity contribution in [3.8, 4) is 0 Å². The zero-order valence-corrected chi connectivity index (χ0v) is 12.4. The van der Waals surface area contributed by atoms with Gasteiger partial charge in [-0.15, -0.1) is 11.3 Å². The highest BCUT2D eigenvalue weighted by Gasteiger charge is 2.36. The zero-order valence-electron chi connectivity index (χ0n) is 11.6. The summed E-state index contributed by atoms with van der Waals surface area (Å²) in [5.41, 5.74) is 0. The van der Waals surface area contributed by atoms with Crippen molar-refractivity contribution in [3.05, 3.63) is 22.4 Å². The van der Waals surface area contributed by atoms with Gasteiger partial charge in [-0.3, -0.25) is 0 Å². The molecule has 4 rings (SSSR count). The third kappa shape index (κ3) is 2.88. The summed E-state index contributed by atoms with van der Waals surface area (Å²) in [7, 11) is 0. The van der Waals surface area contributed by atoms with Crippen molar-refractivity contribution in [1.82, 2.24) is 10.2 Å². The highest BCUT2D eigenvalue weighted by molar-refractivity contribution is 7.10. The van der Waals surface area contributed by atoms with E-state index in [0.29, 0.717) is 6.04 Å². The lowest BCUT2D eigenvalue weighted by molar-refractivity contribution is 0.308. The van der Waals surface area contributed by atoms with Gasteiger partial charge in [0.25, 0.3) is 0 Å². The summed E-state index contributed by atoms with van der Waals surface area (Å²) in [4.78, 5) is 4.28. The molecule has 1 N–H and O–H groups in total. The summed E-state index contributed by atoms with van der Waals surface area (Å²) in [6, 6.07) is 6.12. The highest BCUT2D eigenvalue weighted by atomic mass is 32.1. The maximum Gasteiger partial charge on any atom is 0.0443 e. The first-order chi connectivity index (χ1) is 9.40. The fourth-order valence-electron chi connectivity index (χ4n) is 3.49. The lowest BCUT2D eigenvalue weighted by atomic mass is 10.1. The topological polar surface area (TPSA) is 15.3 Å². The lowest BCUT2D eigenvalue weighted by Crippen LogP contribution is -2.30. The molecule has 1 aromatic heterocycles. The second kappa shape index (κ2) is 5.19. The molecule has 1 aromatic rings. The van der Waals surface area contributed by atoms with Gasteiger partial charge >= 0.3 is 0 Å². The zero-order chi connectivity index (χ0) is 12.7. The molecule has 2 heterocycles. The first-order valence-corrected chi connectivity index (χ1v) is 8.79. The van der Waals surface area contributed by atoms with E-state index in [-0.39, 0.29) is 0 Å². The molecule has 2 saturated carbocycles. The first kappa shape index (κ1) is 12.4. The van der Waals surface area contributed by atoms with E-state index in [1.165, 1.54) is 51.7 Å². The minimum Gasteiger partial charge on any atom is -0.309 e. The molecule has 2 atom stereocenters. The Balaban J connectivity index is 1.31. The Kier molecular flexibility index (Phi) is 3.38. The highest BCUT2D eigenvalue weighted by Crippen LogP contribution is 2.42. The maximum absolute atomic E-state index is 3.89. The first-order valence-electron chi connectivity index (χ1n) is 7.91. The molecule has 0 bridgehead atoms. The third-order valence-corrected chi connectivity index (χ3v) is 5.91. The van der Waals surface area contributed by atoms with Gasteiger partial charge in [-0.1, -0.05) is 6.07 Å². The van der Waals surface area contributed by atoms with Crippen LogP contribution in [0.15, 0.2) is 17.5 Å². The van der Waals surface area contributed by atoms with Crippen LogP contribution in [0.4, 0.5) is 0 Å². The predicted octanol–water partition coefficient (Wildman–Crippen LogP) is 3.27. The molecule has 0 aromatic carbocycles. The van der Waals surface area contributed by atoms with Crippen LogP contribution in [0.25, 0.3) is 0 Å². The molecule has 2 unspecified atom stereocenters. The van der Waals surface area contributed by atoms with Gasteiger partial charge in [-0.05, 0) is 68.5 Å². The van der Waals surface area contributed by atoms with Crippen molar-refractivity contribution in [2.24, 2.45) is 11.8 Å². The summed E-state index contributed by atoms with van der Waals surface area (Å²) in [5.74, 6) is 1.81. The Hall–Kier alpha value is -0.380. The molecule has 0 spiro atoms. The summed E-state index contributed by atoms with van der Waals surface area (Å²) >= 11 is 1.92. The van der Waals surface area contributed by atoms with Gasteiger partial charge in [0.2, 0.25) is 0 Å². The van der Waals surface area contributed by atoms with Crippen LogP contribution in [0.1, 0.15) is 43.0 Å². The number of hydrogen-bond donors (Lipinski definition) is 1. The van der Waals surface area contributed by atoms with E-state index < -0.39 is 0 Å². The van der Waals surface area contributed by atoms with Crippen LogP contribution in [-0.4, -0.2) is 30.6 Å². The third-order valence-electron chi connectivity index (χ3n) is 4.95. The predicted molar refractivity (Wildman–Crippen MR) is 80.5 cm³/mol. The molecule has 0 radical (unpaired) electrons. The van der Waals surface area contributed by atoms with E-state index in [0.717, 1.165) is 17.9 Å². The van der Waals surface area contributed by atoms with E-state index in [2.05, 4.69) is 27.7 Å². The van der Waals surface area contributed by atoms with E-state index in [1.54, 1.807) is 4.88 Å². The number of thiophene rings is 1. The Morgan fingerprint density at radius 3 is 2.84 bits per heavy atom. The monoisotopic (exact) mass is 276 g/mol. The molecule has 19 heavy (non-hydrogen) atoms. The van der Waals surface area contributed by atoms with E-state index in [1.807, 2.05) is 11.3 Å². The molecule has 3 heteroatoms. The standard InChI is InChI=1S/C16H24N2S/c1-2-15(19-9-1)16(13-3-4-13)17-10-12-7-8-18(11-12)14-5-6-14/h1-2,9,12-14,16-17H,3-8,10-11H2. The van der Waals surface area contributed by atoms with Gasteiger partial charge in [0.05, 0.1) is 0 Å². The van der Waals surface area contributed by atoms with Crippen molar-refractivity contribution in [3.63, 3.8) is 0 Å². The molecule has 2 nitrogen and oxygen atoms in total. The van der Waals surface area contributed by atoms with Crippen molar-refractivity contribution >= 4 is 11.3 Å². The van der Waals surface area contributed by atoms with Crippen molar-refractivity contribution < 1.29 is 0 Å². The van der Waals surface area contributed by atoms with Gasteiger partial charge in [0.1, 0.15) is 0 Å². The van der Waals surface area contributed by atoms with Crippen molar-refractivity contribution in [2.75, 3.05) is 19.6 Å². The molecular weight excluding hydrogens is 252 g/mol. The molecule has 1 aliphatic heterocycles. The van der Waals surface area contributed by atoms with Crippen LogP contribution < -0.4 is 5.32 Å². The molecule has 3 fully saturated rings. The summed E-state index contributed by atoms with van der Waals surface area (Å²) in [5, 5.41) is 6.11. The van der Waals surface area contributed by atoms with Crippen molar-refractivity contribution in [1.29, 1.82) is 0 Å². The van der Waals surface area contributed by atoms with Gasteiger partial charge in [-0.2, -0.15) is 0 Å². The fraction of sp³-hybridized carbons (Fsp3) is 0.750. The Morgan fingerprint density at radius 1 is 1.26 bits per heavy atom. The number of nitrogens with one attached hydrogen (secondary N) is 1. The summed E-state index contributed by atoms with van der Waals surface area (Å²) < 4.78 is 0. The van der Waals surface area contributed by atoms with Gasteiger partial charge < -0.3 is 10.2 Å². The average molecular weight is 276 g/mol. The minimum atomic E-state index is 0.648. The SMILES string of the molecule is c1csc(C(NCC2CCN(C3CC3)C2)C2CC2)c1. The van der Waals surface area contributed by atoms with Gasteiger partial charge in [0.15, 0.2) is 0 Å². The van der Waals surface area contributed by atoms with Gasteiger partial charge in [0, 0.05) is 23.5 Å². The number of nitrogens with zero attached hydrogens (tertiary/aromatic N) is 1. The van der Waals surface area contributed by atoms with Crippen LogP contribution in [0, 0.1) is 11.8 Å². The normalized spacial score (nSPS) is 29.8. The van der Waals surface area contributed by atoms with Gasteiger partial charge in [-0.25, -0.2) is 0 Å². The smallest absolute Gasteiger partial charge is 0.0443 e. The lowest BCUT2D eigenvalue weighted by Gasteiger charge is -2.20. The Labute approximate surface area is 120 Å². The van der Waals surface area contributed by atoms with Crippen LogP contribution in [-0.2, 0) is 0 Å². The second-order valence-electron chi connectivity index (χ2n) is 6.62. The minimum absolute atomic E-state index is 0.648. The molecule has 2 aliphatic carbocycles. The quantitative estimate of drug-likeness (QED) is 0.858. The molecule has 3 aliphatic rings. The molecular formula is C16H24N2S. The molecule has 104 valence electrons. The Morgan fingerprint density at radius 2 is 2.16 bits per heavy atom. The van der Waals surface area contributed by atoms with Crippen LogP contribution in [0.2, 0.25) is 0 Å². The van der Waals surface area contributed by atoms with Crippen LogP contribution in [0.5, 0.6) is 0 Å². The van der Waals surface area contributed by atoms with Crippen molar-refractivity contribution in [2.45, 2.75) is 44.2 Å². The Bertz CT molecular complexity index is 408. The van der Waals surface area contributed by atoms with Crippen LogP contribution in [0.3, 0.4) is 0 Å². The average Bonchev–Trinajstić information content (AvgIpc) is 3.34. The maximum atomic E-state index is 3.89. The summed E-state index contributed by atoms with van der Waals surface area (Å²) in [6.45, 7) is 3.92. The molecule has 1 saturated heterocycles. The summed E-state index contributed by atoms with van der Waals surface area (Å²) in [6.07, 6.45) is 7.17. The fourth-order valence-corrected chi connectivity index (χ4v) is 4.39. The number of hydrogen-bond acceptors (Lipinski definition) is 3. The van der Waals surface area contributed by atoms with Crippen LogP contribution >= 0.6 is 11.3 Å². The van der Waals surface area contributed by atoms with E-state index in [9.17, 15) is 0 Å². The largest absolute Gasteiger partial charge is 0.309 e. The second-order valence-corrected chi connectivity index (χ2v) is 7.60. The number of likely N-dealkylation sites (tertiary alicyclic amines) is 1. The van der Waals surface area contributed by atoms with E-state index >= 15 is 0 Å². The van der Waals surface area contributed by atoms with E-state index in [4.69, 9.17) is 0 Å². The molecule has 0 amide bonds.